The number of allylic oxidation sites excluding steroid dienone is 2. The van der Waals surface area contributed by atoms with E-state index in [4.69, 9.17) is 4.74 Å². The summed E-state index contributed by atoms with van der Waals surface area (Å²) in [6.45, 7) is 3.61. The molecule has 0 bridgehead atoms. The van der Waals surface area contributed by atoms with Gasteiger partial charge in [0.15, 0.2) is 0 Å². The first kappa shape index (κ1) is 29.1. The average Bonchev–Trinajstić information content (AvgIpc) is 3.04. The van der Waals surface area contributed by atoms with E-state index in [-0.39, 0.29) is 43.2 Å². The average molecular weight is 499 g/mol. The molecule has 0 aromatic heterocycles. The van der Waals surface area contributed by atoms with E-state index in [2.05, 4.69) is 0 Å². The second kappa shape index (κ2) is 13.8. The van der Waals surface area contributed by atoms with Gasteiger partial charge in [0.05, 0.1) is 30.0 Å². The molecule has 1 aliphatic carbocycles. The molecule has 8 heteroatoms. The summed E-state index contributed by atoms with van der Waals surface area (Å²) in [5.41, 5.74) is -0.224. The van der Waals surface area contributed by atoms with Gasteiger partial charge in [-0.15, -0.1) is 0 Å². The van der Waals surface area contributed by atoms with Crippen LogP contribution in [0, 0.1) is 11.8 Å². The molecule has 1 aromatic rings. The van der Waals surface area contributed by atoms with Crippen molar-refractivity contribution in [2.24, 2.45) is 11.8 Å². The molecule has 0 saturated heterocycles. The van der Waals surface area contributed by atoms with Crippen molar-refractivity contribution in [1.29, 1.82) is 0 Å². The second-order valence-corrected chi connectivity index (χ2v) is 9.44. The number of aryl methyl sites for hydroxylation is 1. The highest BCUT2D eigenvalue weighted by molar-refractivity contribution is 5.69. The molecule has 1 aromatic carbocycles. The fourth-order valence-corrected chi connectivity index (χ4v) is 4.33. The summed E-state index contributed by atoms with van der Waals surface area (Å²) in [5, 5.41) is 31.0. The molecule has 1 saturated carbocycles. The Kier molecular flexibility index (Phi) is 11.5. The number of unbranched alkanes of at least 4 members (excludes halogenated alkanes) is 1. The number of esters is 1. The third kappa shape index (κ3) is 10.2. The number of aliphatic hydroxyl groups excluding tert-OH is 3. The van der Waals surface area contributed by atoms with E-state index in [0.29, 0.717) is 31.2 Å². The van der Waals surface area contributed by atoms with Gasteiger partial charge >= 0.3 is 12.1 Å². The van der Waals surface area contributed by atoms with Crippen LogP contribution in [-0.4, -0.2) is 45.7 Å². The number of alkyl halides is 3. The van der Waals surface area contributed by atoms with Gasteiger partial charge < -0.3 is 20.1 Å². The van der Waals surface area contributed by atoms with Crippen LogP contribution in [0.4, 0.5) is 13.2 Å². The van der Waals surface area contributed by atoms with E-state index in [1.165, 1.54) is 6.07 Å². The minimum Gasteiger partial charge on any atom is -0.463 e. The molecule has 196 valence electrons. The first-order valence-corrected chi connectivity index (χ1v) is 12.2. The first-order valence-electron chi connectivity index (χ1n) is 12.2. The predicted molar refractivity (Wildman–Crippen MR) is 127 cm³/mol. The number of benzene rings is 1. The molecule has 5 atom stereocenters. The Morgan fingerprint density at radius 2 is 1.94 bits per heavy atom. The SMILES string of the molecule is CC(C)OC(=O)CCC/C=C\C[C@H]1[C@@H](O)CC(O)[C@@H]1/C=C/C(O)CCc1cccc(C(F)(F)F)c1. The second-order valence-electron chi connectivity index (χ2n) is 9.44. The normalized spacial score (nSPS) is 24.0. The molecular formula is C27H37F3O5. The summed E-state index contributed by atoms with van der Waals surface area (Å²) in [6.07, 6.45) is 3.35. The van der Waals surface area contributed by atoms with Gasteiger partial charge in [-0.05, 0) is 63.5 Å². The zero-order chi connectivity index (χ0) is 26.0. The van der Waals surface area contributed by atoms with Crippen molar-refractivity contribution in [3.05, 3.63) is 59.7 Å². The molecule has 2 rings (SSSR count). The molecule has 0 spiro atoms. The maximum absolute atomic E-state index is 12.9. The lowest BCUT2D eigenvalue weighted by atomic mass is 9.89. The molecule has 0 radical (unpaired) electrons. The standard InChI is InChI=1S/C27H37F3O5/c1-18(2)35-26(34)11-6-4-3-5-10-22-23(25(33)17-24(22)32)15-14-21(31)13-12-19-8-7-9-20(16-19)27(28,29)30/h3,5,7-9,14-16,18,21-25,31-33H,4,6,10-13,17H2,1-2H3/b5-3-,15-14+/t21?,22-,23-,24+,25?/m1/s1. The maximum atomic E-state index is 12.9. The minimum absolute atomic E-state index is 0.127. The molecule has 0 amide bonds. The van der Waals surface area contributed by atoms with Gasteiger partial charge in [0.25, 0.3) is 0 Å². The van der Waals surface area contributed by atoms with Crippen LogP contribution in [0.5, 0.6) is 0 Å². The highest BCUT2D eigenvalue weighted by Gasteiger charge is 2.39. The van der Waals surface area contributed by atoms with Crippen LogP contribution in [0.2, 0.25) is 0 Å². The Labute approximate surface area is 205 Å². The van der Waals surface area contributed by atoms with Crippen molar-refractivity contribution >= 4 is 5.97 Å². The summed E-state index contributed by atoms with van der Waals surface area (Å²) in [6, 6.07) is 5.05. The number of ether oxygens (including phenoxy) is 1. The fraction of sp³-hybridized carbons (Fsp3) is 0.593. The third-order valence-electron chi connectivity index (χ3n) is 6.15. The molecule has 0 aliphatic heterocycles. The van der Waals surface area contributed by atoms with Crippen LogP contribution in [0.25, 0.3) is 0 Å². The molecule has 1 fully saturated rings. The number of carbonyl (C=O) groups is 1. The van der Waals surface area contributed by atoms with Crippen molar-refractivity contribution in [2.75, 3.05) is 0 Å². The smallest absolute Gasteiger partial charge is 0.416 e. The van der Waals surface area contributed by atoms with Crippen molar-refractivity contribution in [1.82, 2.24) is 0 Å². The first-order chi connectivity index (χ1) is 16.5. The lowest BCUT2D eigenvalue weighted by Crippen LogP contribution is -2.20. The van der Waals surface area contributed by atoms with Crippen molar-refractivity contribution in [3.8, 4) is 0 Å². The summed E-state index contributed by atoms with van der Waals surface area (Å²) in [4.78, 5) is 11.5. The number of hydrogen-bond acceptors (Lipinski definition) is 5. The highest BCUT2D eigenvalue weighted by Crippen LogP contribution is 2.36. The molecule has 5 nitrogen and oxygen atoms in total. The van der Waals surface area contributed by atoms with E-state index >= 15 is 0 Å². The third-order valence-corrected chi connectivity index (χ3v) is 6.15. The van der Waals surface area contributed by atoms with E-state index in [9.17, 15) is 33.3 Å². The van der Waals surface area contributed by atoms with E-state index in [0.717, 1.165) is 12.1 Å². The van der Waals surface area contributed by atoms with E-state index in [1.54, 1.807) is 32.1 Å². The van der Waals surface area contributed by atoms with Gasteiger partial charge in [0, 0.05) is 18.8 Å². The Morgan fingerprint density at radius 1 is 1.20 bits per heavy atom. The molecule has 35 heavy (non-hydrogen) atoms. The van der Waals surface area contributed by atoms with Crippen LogP contribution in [0.3, 0.4) is 0 Å². The van der Waals surface area contributed by atoms with Gasteiger partial charge in [0.2, 0.25) is 0 Å². The van der Waals surface area contributed by atoms with Crippen LogP contribution in [0.15, 0.2) is 48.6 Å². The zero-order valence-corrected chi connectivity index (χ0v) is 20.3. The summed E-state index contributed by atoms with van der Waals surface area (Å²) in [5.74, 6) is -0.766. The Morgan fingerprint density at radius 3 is 2.63 bits per heavy atom. The number of aliphatic hydroxyl groups is 3. The summed E-state index contributed by atoms with van der Waals surface area (Å²) < 4.78 is 43.7. The number of halogens is 3. The fourth-order valence-electron chi connectivity index (χ4n) is 4.33. The molecule has 3 N–H and O–H groups in total. The van der Waals surface area contributed by atoms with Gasteiger partial charge in [-0.2, -0.15) is 13.2 Å². The number of carbonyl (C=O) groups excluding carboxylic acids is 1. The van der Waals surface area contributed by atoms with Crippen LogP contribution < -0.4 is 0 Å². The summed E-state index contributed by atoms with van der Waals surface area (Å²) in [7, 11) is 0. The highest BCUT2D eigenvalue weighted by atomic mass is 19.4. The van der Waals surface area contributed by atoms with Crippen molar-refractivity contribution in [3.63, 3.8) is 0 Å². The lowest BCUT2D eigenvalue weighted by molar-refractivity contribution is -0.147. The Bertz CT molecular complexity index is 849. The predicted octanol–water partition coefficient (Wildman–Crippen LogP) is 4.98. The topological polar surface area (TPSA) is 87.0 Å². The molecular weight excluding hydrogens is 461 g/mol. The van der Waals surface area contributed by atoms with Crippen molar-refractivity contribution < 1.29 is 38.0 Å². The Balaban J connectivity index is 1.82. The van der Waals surface area contributed by atoms with E-state index < -0.39 is 30.1 Å². The Hall–Kier alpha value is -2.16. The monoisotopic (exact) mass is 498 g/mol. The summed E-state index contributed by atoms with van der Waals surface area (Å²) >= 11 is 0. The maximum Gasteiger partial charge on any atom is 0.416 e. The van der Waals surface area contributed by atoms with Gasteiger partial charge in [-0.25, -0.2) is 0 Å². The molecule has 1 aliphatic rings. The van der Waals surface area contributed by atoms with Crippen LogP contribution in [-0.2, 0) is 22.1 Å². The van der Waals surface area contributed by atoms with Gasteiger partial charge in [-0.1, -0.05) is 42.5 Å². The quantitative estimate of drug-likeness (QED) is 0.215. The molecule has 2 unspecified atom stereocenters. The minimum atomic E-state index is -4.41. The van der Waals surface area contributed by atoms with Gasteiger partial charge in [-0.3, -0.25) is 4.79 Å². The van der Waals surface area contributed by atoms with E-state index in [1.807, 2.05) is 12.2 Å². The zero-order valence-electron chi connectivity index (χ0n) is 20.3. The van der Waals surface area contributed by atoms with Crippen molar-refractivity contribution in [2.45, 2.75) is 89.4 Å². The lowest BCUT2D eigenvalue weighted by Gasteiger charge is -2.19. The number of rotatable bonds is 12. The largest absolute Gasteiger partial charge is 0.463 e. The van der Waals surface area contributed by atoms with Gasteiger partial charge in [0.1, 0.15) is 0 Å². The molecule has 0 heterocycles. The number of hydrogen-bond donors (Lipinski definition) is 3. The van der Waals surface area contributed by atoms with Crippen LogP contribution in [0.1, 0.15) is 63.5 Å². The van der Waals surface area contributed by atoms with Crippen LogP contribution >= 0.6 is 0 Å².